The zero-order valence-electron chi connectivity index (χ0n) is 16.0. The molecule has 0 fully saturated rings. The molecule has 0 aliphatic carbocycles. The summed E-state index contributed by atoms with van der Waals surface area (Å²) in [5, 5.41) is 0. The van der Waals surface area contributed by atoms with Crippen LogP contribution >= 0.6 is 11.6 Å². The van der Waals surface area contributed by atoms with E-state index >= 15 is 0 Å². The SMILES string of the molecule is [SiH3]CCCCCCCCCCCCCCCCCCC=CCCl. The van der Waals surface area contributed by atoms with Crippen LogP contribution in [0.2, 0.25) is 6.04 Å². The Morgan fingerprint density at radius 1 is 0.478 bits per heavy atom. The molecule has 0 saturated carbocycles. The monoisotopic (exact) mass is 358 g/mol. The van der Waals surface area contributed by atoms with E-state index in [0.717, 1.165) is 0 Å². The molecule has 0 aromatic carbocycles. The minimum Gasteiger partial charge on any atom is -0.122 e. The van der Waals surface area contributed by atoms with Crippen LogP contribution in [0, 0.1) is 0 Å². The lowest BCUT2D eigenvalue weighted by Crippen LogP contribution is -1.84. The molecule has 0 aromatic heterocycles. The second-order valence-corrected chi connectivity index (χ2v) is 8.38. The van der Waals surface area contributed by atoms with Crippen molar-refractivity contribution in [2.45, 2.75) is 115 Å². The molecule has 0 aliphatic rings. The molecule has 0 unspecified atom stereocenters. The highest BCUT2D eigenvalue weighted by Crippen LogP contribution is 2.14. The minimum atomic E-state index is 0.667. The van der Waals surface area contributed by atoms with E-state index in [1.54, 1.807) is 0 Å². The zero-order chi connectivity index (χ0) is 16.8. The number of alkyl halides is 1. The summed E-state index contributed by atoms with van der Waals surface area (Å²) in [5.74, 6) is 0.667. The van der Waals surface area contributed by atoms with Gasteiger partial charge < -0.3 is 0 Å². The van der Waals surface area contributed by atoms with E-state index in [0.29, 0.717) is 5.88 Å². The highest BCUT2D eigenvalue weighted by Gasteiger charge is 1.94. The molecule has 0 aromatic rings. The molecular weight excluding hydrogens is 316 g/mol. The Morgan fingerprint density at radius 2 is 0.826 bits per heavy atom. The molecule has 0 radical (unpaired) electrons. The Morgan fingerprint density at radius 3 is 1.17 bits per heavy atom. The molecule has 0 atom stereocenters. The third-order valence-corrected chi connectivity index (χ3v) is 5.62. The Hall–Kier alpha value is 0.247. The molecule has 138 valence electrons. The van der Waals surface area contributed by atoms with Gasteiger partial charge in [-0.3, -0.25) is 0 Å². The molecule has 2 heteroatoms. The van der Waals surface area contributed by atoms with Gasteiger partial charge in [0.05, 0.1) is 0 Å². The van der Waals surface area contributed by atoms with Crippen LogP contribution < -0.4 is 0 Å². The second-order valence-electron chi connectivity index (χ2n) is 7.07. The van der Waals surface area contributed by atoms with E-state index < -0.39 is 0 Å². The first kappa shape index (κ1) is 23.2. The highest BCUT2D eigenvalue weighted by molar-refractivity contribution is 6.18. The van der Waals surface area contributed by atoms with E-state index in [4.69, 9.17) is 11.6 Å². The van der Waals surface area contributed by atoms with Crippen LogP contribution in [0.4, 0.5) is 0 Å². The topological polar surface area (TPSA) is 0 Å². The fraction of sp³-hybridized carbons (Fsp3) is 0.905. The van der Waals surface area contributed by atoms with Gasteiger partial charge in [-0.2, -0.15) is 0 Å². The van der Waals surface area contributed by atoms with E-state index in [2.05, 4.69) is 12.2 Å². The van der Waals surface area contributed by atoms with Crippen molar-refractivity contribution in [2.24, 2.45) is 0 Å². The van der Waals surface area contributed by atoms with Gasteiger partial charge in [0.2, 0.25) is 0 Å². The molecular formula is C21H43ClSi. The molecule has 0 rings (SSSR count). The highest BCUT2D eigenvalue weighted by atomic mass is 35.5. The third-order valence-electron chi connectivity index (χ3n) is 4.73. The summed E-state index contributed by atoms with van der Waals surface area (Å²) in [4.78, 5) is 0. The molecule has 0 aliphatic heterocycles. The second kappa shape index (κ2) is 22.2. The van der Waals surface area contributed by atoms with Crippen LogP contribution in [-0.4, -0.2) is 16.1 Å². The fourth-order valence-corrected chi connectivity index (χ4v) is 3.79. The van der Waals surface area contributed by atoms with Gasteiger partial charge in [0, 0.05) is 16.1 Å². The first-order valence-electron chi connectivity index (χ1n) is 10.6. The van der Waals surface area contributed by atoms with Gasteiger partial charge in [-0.25, -0.2) is 0 Å². The minimum absolute atomic E-state index is 0.667. The molecule has 0 spiro atoms. The normalized spacial score (nSPS) is 11.7. The van der Waals surface area contributed by atoms with Crippen molar-refractivity contribution in [3.05, 3.63) is 12.2 Å². The number of allylic oxidation sites excluding steroid dienone is 2. The van der Waals surface area contributed by atoms with Gasteiger partial charge in [-0.1, -0.05) is 115 Å². The van der Waals surface area contributed by atoms with Crippen molar-refractivity contribution in [1.82, 2.24) is 0 Å². The molecule has 0 saturated heterocycles. The maximum absolute atomic E-state index is 5.60. The lowest BCUT2D eigenvalue weighted by Gasteiger charge is -2.03. The van der Waals surface area contributed by atoms with Crippen LogP contribution in [0.1, 0.15) is 109 Å². The van der Waals surface area contributed by atoms with E-state index in [9.17, 15) is 0 Å². The summed E-state index contributed by atoms with van der Waals surface area (Å²) in [6, 6.07) is 1.51. The molecule has 0 heterocycles. The quantitative estimate of drug-likeness (QED) is 0.0990. The first-order chi connectivity index (χ1) is 11.4. The van der Waals surface area contributed by atoms with Gasteiger partial charge in [-0.15, -0.1) is 11.6 Å². The molecule has 0 nitrogen and oxygen atoms in total. The van der Waals surface area contributed by atoms with Crippen molar-refractivity contribution in [3.8, 4) is 0 Å². The van der Waals surface area contributed by atoms with E-state index in [-0.39, 0.29) is 0 Å². The van der Waals surface area contributed by atoms with E-state index in [1.165, 1.54) is 125 Å². The summed E-state index contributed by atoms with van der Waals surface area (Å²) in [6.07, 6.45) is 28.9. The molecule has 0 bridgehead atoms. The Kier molecular flexibility index (Phi) is 22.5. The summed E-state index contributed by atoms with van der Waals surface area (Å²) < 4.78 is 0. The van der Waals surface area contributed by atoms with Crippen molar-refractivity contribution in [2.75, 3.05) is 5.88 Å². The van der Waals surface area contributed by atoms with Crippen molar-refractivity contribution >= 4 is 21.8 Å². The van der Waals surface area contributed by atoms with Crippen molar-refractivity contribution in [1.29, 1.82) is 0 Å². The van der Waals surface area contributed by atoms with Crippen LogP contribution in [0.25, 0.3) is 0 Å². The zero-order valence-corrected chi connectivity index (χ0v) is 18.7. The van der Waals surface area contributed by atoms with Gasteiger partial charge in [-0.05, 0) is 12.8 Å². The van der Waals surface area contributed by atoms with Crippen LogP contribution in [-0.2, 0) is 0 Å². The van der Waals surface area contributed by atoms with Crippen molar-refractivity contribution < 1.29 is 0 Å². The summed E-state index contributed by atoms with van der Waals surface area (Å²) >= 11 is 5.60. The number of hydrogen-bond acceptors (Lipinski definition) is 0. The standard InChI is InChI=1S/C21H43ClSi/c22-20-18-16-14-12-10-8-6-4-2-1-3-5-7-9-11-13-15-17-19-21-23/h16,18H,1-15,17,19-21H2,23H3. The summed E-state index contributed by atoms with van der Waals surface area (Å²) in [5.41, 5.74) is 0. The predicted molar refractivity (Wildman–Crippen MR) is 113 cm³/mol. The summed E-state index contributed by atoms with van der Waals surface area (Å²) in [6.45, 7) is 0. The Balaban J connectivity index is 2.96. The van der Waals surface area contributed by atoms with Gasteiger partial charge >= 0.3 is 0 Å². The fourth-order valence-electron chi connectivity index (χ4n) is 3.17. The van der Waals surface area contributed by atoms with Crippen LogP contribution in [0.3, 0.4) is 0 Å². The lowest BCUT2D eigenvalue weighted by molar-refractivity contribution is 0.530. The number of hydrogen-bond donors (Lipinski definition) is 0. The average molecular weight is 359 g/mol. The van der Waals surface area contributed by atoms with Crippen molar-refractivity contribution in [3.63, 3.8) is 0 Å². The predicted octanol–water partition coefficient (Wildman–Crippen LogP) is 7.20. The summed E-state index contributed by atoms with van der Waals surface area (Å²) in [7, 11) is 1.40. The molecule has 0 amide bonds. The maximum Gasteiger partial charge on any atom is 0.0404 e. The number of halogens is 1. The molecule has 0 N–H and O–H groups in total. The van der Waals surface area contributed by atoms with Gasteiger partial charge in [0.15, 0.2) is 0 Å². The number of unbranched alkanes of at least 4 members (excludes halogenated alkanes) is 16. The van der Waals surface area contributed by atoms with Crippen LogP contribution in [0.5, 0.6) is 0 Å². The first-order valence-corrected chi connectivity index (χ1v) is 12.6. The van der Waals surface area contributed by atoms with Gasteiger partial charge in [0.1, 0.15) is 0 Å². The third kappa shape index (κ3) is 22.2. The average Bonchev–Trinajstić information content (AvgIpc) is 2.57. The van der Waals surface area contributed by atoms with E-state index in [1.807, 2.05) is 0 Å². The molecule has 23 heavy (non-hydrogen) atoms. The largest absolute Gasteiger partial charge is 0.122 e. The van der Waals surface area contributed by atoms with Crippen LogP contribution in [0.15, 0.2) is 12.2 Å². The Bertz CT molecular complexity index is 228. The smallest absolute Gasteiger partial charge is 0.0404 e. The lowest BCUT2D eigenvalue weighted by atomic mass is 10.0. The Labute approximate surface area is 155 Å². The number of rotatable bonds is 19. The van der Waals surface area contributed by atoms with Gasteiger partial charge in [0.25, 0.3) is 0 Å². The maximum atomic E-state index is 5.60.